The summed E-state index contributed by atoms with van der Waals surface area (Å²) in [5.74, 6) is -0.0454. The molecule has 2 amide bonds. The van der Waals surface area contributed by atoms with E-state index in [2.05, 4.69) is 4.90 Å². The lowest BCUT2D eigenvalue weighted by Crippen LogP contribution is -2.35. The van der Waals surface area contributed by atoms with Crippen LogP contribution in [-0.4, -0.2) is 60.3 Å². The van der Waals surface area contributed by atoms with Crippen LogP contribution >= 0.6 is 0 Å². The Labute approximate surface area is 170 Å². The lowest BCUT2D eigenvalue weighted by molar-refractivity contribution is -0.175. The first kappa shape index (κ1) is 21.0. The maximum Gasteiger partial charge on any atom is 0.308 e. The number of ether oxygens (including phenoxy) is 3. The SMILES string of the molecule is CC(OCCN1COc2ccccc2C1)OC(=O)CCCCN1C(=O)C=CC1=O. The van der Waals surface area contributed by atoms with E-state index in [9.17, 15) is 14.4 Å². The zero-order valence-corrected chi connectivity index (χ0v) is 16.5. The number of amides is 2. The Balaban J connectivity index is 1.25. The van der Waals surface area contributed by atoms with E-state index in [-0.39, 0.29) is 24.2 Å². The quantitative estimate of drug-likeness (QED) is 0.255. The van der Waals surface area contributed by atoms with Crippen molar-refractivity contribution in [1.29, 1.82) is 0 Å². The van der Waals surface area contributed by atoms with Crippen molar-refractivity contribution in [3.63, 3.8) is 0 Å². The van der Waals surface area contributed by atoms with Crippen LogP contribution in [-0.2, 0) is 30.4 Å². The molecule has 0 saturated carbocycles. The first-order chi connectivity index (χ1) is 14.0. The van der Waals surface area contributed by atoms with Gasteiger partial charge >= 0.3 is 5.97 Å². The standard InChI is InChI=1S/C21H26N2O6/c1-16(27-13-12-22-14-17-6-2-3-7-18(17)28-15-22)29-21(26)8-4-5-11-23-19(24)9-10-20(23)25/h2-3,6-7,9-10,16H,4-5,8,11-15H2,1H3. The van der Waals surface area contributed by atoms with Gasteiger partial charge in [0.15, 0.2) is 6.29 Å². The fourth-order valence-electron chi connectivity index (χ4n) is 3.18. The highest BCUT2D eigenvalue weighted by atomic mass is 16.7. The van der Waals surface area contributed by atoms with E-state index in [1.165, 1.54) is 17.1 Å². The van der Waals surface area contributed by atoms with E-state index >= 15 is 0 Å². The van der Waals surface area contributed by atoms with E-state index in [0.29, 0.717) is 39.3 Å². The van der Waals surface area contributed by atoms with E-state index in [1.54, 1.807) is 6.92 Å². The van der Waals surface area contributed by atoms with Gasteiger partial charge in [-0.1, -0.05) is 18.2 Å². The molecule has 156 valence electrons. The van der Waals surface area contributed by atoms with Crippen LogP contribution in [0.1, 0.15) is 31.7 Å². The molecule has 0 bridgehead atoms. The van der Waals surface area contributed by atoms with Gasteiger partial charge in [-0.25, -0.2) is 0 Å². The van der Waals surface area contributed by atoms with Crippen LogP contribution in [0, 0.1) is 0 Å². The Morgan fingerprint density at radius 3 is 2.69 bits per heavy atom. The van der Waals surface area contributed by atoms with E-state index < -0.39 is 6.29 Å². The number of nitrogens with zero attached hydrogens (tertiary/aromatic N) is 2. The number of carbonyl (C=O) groups is 3. The molecule has 8 nitrogen and oxygen atoms in total. The molecule has 8 heteroatoms. The van der Waals surface area contributed by atoms with Crippen LogP contribution < -0.4 is 4.74 Å². The summed E-state index contributed by atoms with van der Waals surface area (Å²) < 4.78 is 16.5. The molecule has 0 radical (unpaired) electrons. The molecule has 3 rings (SSSR count). The van der Waals surface area contributed by atoms with Gasteiger partial charge in [0, 0.05) is 43.8 Å². The van der Waals surface area contributed by atoms with E-state index in [1.807, 2.05) is 24.3 Å². The van der Waals surface area contributed by atoms with Crippen molar-refractivity contribution in [2.75, 3.05) is 26.4 Å². The lowest BCUT2D eigenvalue weighted by Gasteiger charge is -2.29. The van der Waals surface area contributed by atoms with E-state index in [4.69, 9.17) is 14.2 Å². The van der Waals surface area contributed by atoms with Crippen LogP contribution in [0.2, 0.25) is 0 Å². The van der Waals surface area contributed by atoms with Gasteiger partial charge in [-0.05, 0) is 25.8 Å². The average molecular weight is 402 g/mol. The third kappa shape index (κ3) is 6.13. The van der Waals surface area contributed by atoms with Crippen molar-refractivity contribution in [1.82, 2.24) is 9.80 Å². The maximum absolute atomic E-state index is 11.9. The molecule has 2 aliphatic rings. The van der Waals surface area contributed by atoms with Gasteiger partial charge in [-0.15, -0.1) is 0 Å². The number of hydrogen-bond donors (Lipinski definition) is 0. The molecule has 0 spiro atoms. The summed E-state index contributed by atoms with van der Waals surface area (Å²) in [5.41, 5.74) is 1.14. The number of imide groups is 1. The van der Waals surface area contributed by atoms with Gasteiger partial charge in [0.25, 0.3) is 11.8 Å². The second-order valence-electron chi connectivity index (χ2n) is 6.98. The minimum Gasteiger partial charge on any atom is -0.478 e. The summed E-state index contributed by atoms with van der Waals surface area (Å²) in [4.78, 5) is 38.0. The van der Waals surface area contributed by atoms with Gasteiger partial charge in [0.1, 0.15) is 12.5 Å². The molecule has 0 saturated heterocycles. The number of rotatable bonds is 10. The summed E-state index contributed by atoms with van der Waals surface area (Å²) in [5, 5.41) is 0. The molecule has 0 aromatic heterocycles. The van der Waals surface area contributed by atoms with Crippen LogP contribution in [0.4, 0.5) is 0 Å². The Kier molecular flexibility index (Phi) is 7.37. The molecule has 1 atom stereocenters. The number of fused-ring (bicyclic) bond motifs is 1. The maximum atomic E-state index is 11.9. The fourth-order valence-corrected chi connectivity index (χ4v) is 3.18. The molecule has 0 aliphatic carbocycles. The third-order valence-electron chi connectivity index (χ3n) is 4.74. The number of benzene rings is 1. The monoisotopic (exact) mass is 402 g/mol. The molecule has 1 aromatic carbocycles. The van der Waals surface area contributed by atoms with Gasteiger partial charge in [-0.2, -0.15) is 0 Å². The topological polar surface area (TPSA) is 85.4 Å². The lowest BCUT2D eigenvalue weighted by atomic mass is 10.2. The Morgan fingerprint density at radius 2 is 1.90 bits per heavy atom. The molecular weight excluding hydrogens is 376 g/mol. The molecule has 0 N–H and O–H groups in total. The van der Waals surface area contributed by atoms with Crippen LogP contribution in [0.3, 0.4) is 0 Å². The van der Waals surface area contributed by atoms with Gasteiger partial charge in [0.2, 0.25) is 0 Å². The summed E-state index contributed by atoms with van der Waals surface area (Å²) in [6, 6.07) is 7.94. The molecular formula is C21H26N2O6. The third-order valence-corrected chi connectivity index (χ3v) is 4.74. The summed E-state index contributed by atoms with van der Waals surface area (Å²) in [6.07, 6.45) is 3.18. The number of unbranched alkanes of at least 4 members (excludes halogenated alkanes) is 1. The van der Waals surface area contributed by atoms with Gasteiger partial charge < -0.3 is 14.2 Å². The zero-order valence-electron chi connectivity index (χ0n) is 16.5. The molecule has 2 heterocycles. The van der Waals surface area contributed by atoms with Gasteiger partial charge in [-0.3, -0.25) is 24.2 Å². The van der Waals surface area contributed by atoms with Gasteiger partial charge in [0.05, 0.1) is 6.61 Å². The van der Waals surface area contributed by atoms with Crippen LogP contribution in [0.25, 0.3) is 0 Å². The Bertz CT molecular complexity index is 760. The smallest absolute Gasteiger partial charge is 0.308 e. The van der Waals surface area contributed by atoms with Crippen LogP contribution in [0.15, 0.2) is 36.4 Å². The first-order valence-electron chi connectivity index (χ1n) is 9.80. The molecule has 1 aromatic rings. The van der Waals surface area contributed by atoms with Crippen molar-refractivity contribution in [2.45, 2.75) is 39.0 Å². The molecule has 2 aliphatic heterocycles. The van der Waals surface area contributed by atoms with Crippen molar-refractivity contribution in [2.24, 2.45) is 0 Å². The zero-order chi connectivity index (χ0) is 20.6. The number of hydrogen-bond acceptors (Lipinski definition) is 7. The highest BCUT2D eigenvalue weighted by molar-refractivity contribution is 6.12. The van der Waals surface area contributed by atoms with Crippen LogP contribution in [0.5, 0.6) is 5.75 Å². The minimum absolute atomic E-state index is 0.216. The Hall–Kier alpha value is -2.71. The minimum atomic E-state index is -0.633. The number of carbonyl (C=O) groups excluding carboxylic acids is 3. The predicted octanol–water partition coefficient (Wildman–Crippen LogP) is 1.84. The molecule has 0 fully saturated rings. The normalized spacial score (nSPS) is 17.2. The largest absolute Gasteiger partial charge is 0.478 e. The van der Waals surface area contributed by atoms with Crippen molar-refractivity contribution >= 4 is 17.8 Å². The predicted molar refractivity (Wildman–Crippen MR) is 104 cm³/mol. The molecule has 29 heavy (non-hydrogen) atoms. The number of para-hydroxylation sites is 1. The second-order valence-corrected chi connectivity index (χ2v) is 6.98. The molecule has 1 unspecified atom stereocenters. The highest BCUT2D eigenvalue weighted by Gasteiger charge is 2.22. The van der Waals surface area contributed by atoms with Crippen molar-refractivity contribution in [3.05, 3.63) is 42.0 Å². The average Bonchev–Trinajstić information content (AvgIpc) is 3.03. The van der Waals surface area contributed by atoms with Crippen molar-refractivity contribution < 1.29 is 28.6 Å². The second kappa shape index (κ2) is 10.2. The van der Waals surface area contributed by atoms with Crippen molar-refractivity contribution in [3.8, 4) is 5.75 Å². The summed E-state index contributed by atoms with van der Waals surface area (Å²) >= 11 is 0. The summed E-state index contributed by atoms with van der Waals surface area (Å²) in [6.45, 7) is 4.39. The number of esters is 1. The summed E-state index contributed by atoms with van der Waals surface area (Å²) in [7, 11) is 0. The Morgan fingerprint density at radius 1 is 1.14 bits per heavy atom. The fraction of sp³-hybridized carbons (Fsp3) is 0.476. The van der Waals surface area contributed by atoms with E-state index in [0.717, 1.165) is 17.9 Å². The first-order valence-corrected chi connectivity index (χ1v) is 9.80. The highest BCUT2D eigenvalue weighted by Crippen LogP contribution is 2.23.